The van der Waals surface area contributed by atoms with Gasteiger partial charge in [-0.15, -0.1) is 0 Å². The average Bonchev–Trinajstić information content (AvgIpc) is 3.52. The van der Waals surface area contributed by atoms with Gasteiger partial charge in [0, 0.05) is 12.8 Å². The Morgan fingerprint density at radius 1 is 1.00 bits per heavy atom. The molecule has 0 bridgehead atoms. The summed E-state index contributed by atoms with van der Waals surface area (Å²) in [6.07, 6.45) is -1.83. The zero-order valence-electron chi connectivity index (χ0n) is 16.0. The number of ether oxygens (including phenoxy) is 1. The van der Waals surface area contributed by atoms with Gasteiger partial charge in [-0.1, -0.05) is 30.3 Å². The SMILES string of the molecule is OCC1C[C@H](O)CC(c2ccc(C3CC3)c(Cc3ccc(C(F)(F)F)cc3)c2)O1. The summed E-state index contributed by atoms with van der Waals surface area (Å²) in [5, 5.41) is 19.5. The fraction of sp³-hybridized carbons (Fsp3) is 0.478. The van der Waals surface area contributed by atoms with E-state index in [4.69, 9.17) is 4.74 Å². The van der Waals surface area contributed by atoms with Crippen LogP contribution in [0.25, 0.3) is 0 Å². The highest BCUT2D eigenvalue weighted by Crippen LogP contribution is 2.43. The molecule has 1 aliphatic heterocycles. The van der Waals surface area contributed by atoms with E-state index in [1.54, 1.807) is 0 Å². The quantitative estimate of drug-likeness (QED) is 0.754. The summed E-state index contributed by atoms with van der Waals surface area (Å²) in [6, 6.07) is 11.5. The molecule has 3 nitrogen and oxygen atoms in total. The van der Waals surface area contributed by atoms with Crippen LogP contribution in [0, 0.1) is 0 Å². The minimum atomic E-state index is -4.33. The second-order valence-electron chi connectivity index (χ2n) is 8.16. The molecule has 0 amide bonds. The van der Waals surface area contributed by atoms with Gasteiger partial charge >= 0.3 is 6.18 Å². The van der Waals surface area contributed by atoms with E-state index in [-0.39, 0.29) is 18.8 Å². The van der Waals surface area contributed by atoms with Gasteiger partial charge in [0.25, 0.3) is 0 Å². The third kappa shape index (κ3) is 4.82. The maximum Gasteiger partial charge on any atom is 0.416 e. The van der Waals surface area contributed by atoms with E-state index in [0.29, 0.717) is 25.2 Å². The Hall–Kier alpha value is -1.89. The van der Waals surface area contributed by atoms with Crippen LogP contribution in [0.2, 0.25) is 0 Å². The van der Waals surface area contributed by atoms with Crippen LogP contribution >= 0.6 is 0 Å². The van der Waals surface area contributed by atoms with Gasteiger partial charge < -0.3 is 14.9 Å². The molecule has 0 aromatic heterocycles. The second kappa shape index (κ2) is 8.09. The Bertz CT molecular complexity index is 843. The van der Waals surface area contributed by atoms with Crippen LogP contribution in [0.4, 0.5) is 13.2 Å². The fourth-order valence-electron chi connectivity index (χ4n) is 4.13. The summed E-state index contributed by atoms with van der Waals surface area (Å²) in [4.78, 5) is 0. The molecular weight excluding hydrogens is 381 g/mol. The summed E-state index contributed by atoms with van der Waals surface area (Å²) >= 11 is 0. The number of aliphatic hydroxyl groups is 2. The summed E-state index contributed by atoms with van der Waals surface area (Å²) < 4.78 is 44.4. The first-order valence-corrected chi connectivity index (χ1v) is 10.1. The standard InChI is InChI=1S/C23H25F3O3/c24-23(25,26)18-6-1-14(2-7-18)9-17-10-16(5-8-21(17)15-3-4-15)22-12-19(28)11-20(13-27)29-22/h1-2,5-8,10,15,19-20,22,27-28H,3-4,9,11-13H2/t19-,20?,22?/m0/s1. The molecule has 2 unspecified atom stereocenters. The van der Waals surface area contributed by atoms with Gasteiger partial charge in [-0.25, -0.2) is 0 Å². The molecule has 1 saturated carbocycles. The van der Waals surface area contributed by atoms with Crippen molar-refractivity contribution < 1.29 is 28.1 Å². The van der Waals surface area contributed by atoms with Crippen LogP contribution in [-0.4, -0.2) is 29.0 Å². The van der Waals surface area contributed by atoms with Gasteiger partial charge in [0.1, 0.15) is 0 Å². The highest BCUT2D eigenvalue weighted by Gasteiger charge is 2.32. The van der Waals surface area contributed by atoms with Gasteiger partial charge in [-0.05, 0) is 59.6 Å². The van der Waals surface area contributed by atoms with Crippen molar-refractivity contribution in [2.24, 2.45) is 0 Å². The number of rotatable bonds is 5. The van der Waals surface area contributed by atoms with E-state index in [0.717, 1.165) is 41.7 Å². The highest BCUT2D eigenvalue weighted by atomic mass is 19.4. The van der Waals surface area contributed by atoms with Gasteiger partial charge in [0.15, 0.2) is 0 Å². The molecule has 3 atom stereocenters. The van der Waals surface area contributed by atoms with Crippen LogP contribution in [-0.2, 0) is 17.3 Å². The number of hydrogen-bond acceptors (Lipinski definition) is 3. The Balaban J connectivity index is 1.59. The zero-order valence-corrected chi connectivity index (χ0v) is 16.0. The molecular formula is C23H25F3O3. The van der Waals surface area contributed by atoms with Crippen molar-refractivity contribution in [3.63, 3.8) is 0 Å². The molecule has 2 fully saturated rings. The van der Waals surface area contributed by atoms with E-state index in [1.165, 1.54) is 17.7 Å². The molecule has 2 aromatic carbocycles. The topological polar surface area (TPSA) is 49.7 Å². The normalized spacial score (nSPS) is 25.2. The number of benzene rings is 2. The molecule has 29 heavy (non-hydrogen) atoms. The molecule has 6 heteroatoms. The minimum absolute atomic E-state index is 0.133. The van der Waals surface area contributed by atoms with Gasteiger partial charge in [-0.2, -0.15) is 13.2 Å². The van der Waals surface area contributed by atoms with Gasteiger partial charge in [-0.3, -0.25) is 0 Å². The smallest absolute Gasteiger partial charge is 0.394 e. The van der Waals surface area contributed by atoms with Crippen LogP contribution in [0.1, 0.15) is 65.5 Å². The molecule has 0 spiro atoms. The van der Waals surface area contributed by atoms with E-state index in [9.17, 15) is 23.4 Å². The number of hydrogen-bond donors (Lipinski definition) is 2. The predicted octanol–water partition coefficient (Wildman–Crippen LogP) is 4.75. The lowest BCUT2D eigenvalue weighted by Gasteiger charge is -2.33. The second-order valence-corrected chi connectivity index (χ2v) is 8.16. The van der Waals surface area contributed by atoms with Crippen LogP contribution in [0.5, 0.6) is 0 Å². The number of halogens is 3. The molecule has 0 radical (unpaired) electrons. The van der Waals surface area contributed by atoms with Gasteiger partial charge in [0.05, 0.1) is 30.5 Å². The van der Waals surface area contributed by atoms with Crippen molar-refractivity contribution in [1.29, 1.82) is 0 Å². The predicted molar refractivity (Wildman–Crippen MR) is 103 cm³/mol. The molecule has 156 valence electrons. The summed E-state index contributed by atoms with van der Waals surface area (Å²) in [6.45, 7) is -0.133. The first-order chi connectivity index (χ1) is 13.8. The number of aliphatic hydroxyl groups excluding tert-OH is 2. The fourth-order valence-corrected chi connectivity index (χ4v) is 4.13. The zero-order chi connectivity index (χ0) is 20.6. The lowest BCUT2D eigenvalue weighted by Crippen LogP contribution is -2.33. The van der Waals surface area contributed by atoms with E-state index < -0.39 is 17.8 Å². The van der Waals surface area contributed by atoms with Crippen molar-refractivity contribution >= 4 is 0 Å². The van der Waals surface area contributed by atoms with Crippen molar-refractivity contribution in [1.82, 2.24) is 0 Å². The maximum absolute atomic E-state index is 12.8. The van der Waals surface area contributed by atoms with Crippen LogP contribution in [0.3, 0.4) is 0 Å². The molecule has 4 rings (SSSR count). The Kier molecular flexibility index (Phi) is 5.69. The van der Waals surface area contributed by atoms with E-state index >= 15 is 0 Å². The van der Waals surface area contributed by atoms with E-state index in [1.807, 2.05) is 6.07 Å². The van der Waals surface area contributed by atoms with E-state index in [2.05, 4.69) is 12.1 Å². The third-order valence-corrected chi connectivity index (χ3v) is 5.81. The van der Waals surface area contributed by atoms with Crippen molar-refractivity contribution in [3.05, 3.63) is 70.3 Å². The highest BCUT2D eigenvalue weighted by molar-refractivity contribution is 5.41. The lowest BCUT2D eigenvalue weighted by atomic mass is 9.90. The molecule has 1 saturated heterocycles. The summed E-state index contributed by atoms with van der Waals surface area (Å²) in [7, 11) is 0. The first kappa shape index (κ1) is 20.4. The van der Waals surface area contributed by atoms with Gasteiger partial charge in [0.2, 0.25) is 0 Å². The molecule has 2 aliphatic rings. The van der Waals surface area contributed by atoms with Crippen molar-refractivity contribution in [3.8, 4) is 0 Å². The molecule has 2 aromatic rings. The Morgan fingerprint density at radius 3 is 2.34 bits per heavy atom. The third-order valence-electron chi connectivity index (χ3n) is 5.81. The average molecular weight is 406 g/mol. The Morgan fingerprint density at radius 2 is 1.72 bits per heavy atom. The largest absolute Gasteiger partial charge is 0.416 e. The minimum Gasteiger partial charge on any atom is -0.394 e. The van der Waals surface area contributed by atoms with Crippen LogP contribution in [0.15, 0.2) is 42.5 Å². The monoisotopic (exact) mass is 406 g/mol. The van der Waals surface area contributed by atoms with Crippen molar-refractivity contribution in [2.45, 2.75) is 62.5 Å². The Labute approximate surface area is 168 Å². The first-order valence-electron chi connectivity index (χ1n) is 10.1. The molecule has 1 aliphatic carbocycles. The van der Waals surface area contributed by atoms with Crippen LogP contribution < -0.4 is 0 Å². The maximum atomic E-state index is 12.8. The summed E-state index contributed by atoms with van der Waals surface area (Å²) in [5.74, 6) is 0.511. The molecule has 2 N–H and O–H groups in total. The lowest BCUT2D eigenvalue weighted by molar-refractivity contribution is -0.137. The molecule has 1 heterocycles. The van der Waals surface area contributed by atoms with Crippen molar-refractivity contribution in [2.75, 3.05) is 6.61 Å². The summed E-state index contributed by atoms with van der Waals surface area (Å²) in [5.41, 5.74) is 3.46. The number of alkyl halides is 3.